The highest BCUT2D eigenvalue weighted by atomic mass is 35.5. The van der Waals surface area contributed by atoms with Crippen LogP contribution in [0.15, 0.2) is 24.3 Å². The van der Waals surface area contributed by atoms with Crippen molar-refractivity contribution in [2.75, 3.05) is 5.88 Å². The van der Waals surface area contributed by atoms with Crippen LogP contribution in [-0.4, -0.2) is 11.5 Å². The fourth-order valence-corrected chi connectivity index (χ4v) is 1.43. The summed E-state index contributed by atoms with van der Waals surface area (Å²) in [7, 11) is 0. The Hall–Kier alpha value is -0.690. The van der Waals surface area contributed by atoms with Gasteiger partial charge in [0.2, 0.25) is 0 Å². The average molecular weight is 227 g/mol. The van der Waals surface area contributed by atoms with Crippen LogP contribution >= 0.6 is 11.6 Å². The van der Waals surface area contributed by atoms with Gasteiger partial charge in [-0.3, -0.25) is 0 Å². The molecule has 0 aliphatic heterocycles. The predicted octanol–water partition coefficient (Wildman–Crippen LogP) is 4.21. The minimum atomic E-state index is -0.313. The number of alkyl halides is 1. The Morgan fingerprint density at radius 2 is 1.87 bits per heavy atom. The molecule has 0 aliphatic rings. The SMILES string of the molecule is CC(C)c1ccccc1OC(C)(C)CCl. The molecule has 0 spiro atoms. The summed E-state index contributed by atoms with van der Waals surface area (Å²) in [5.41, 5.74) is 0.919. The van der Waals surface area contributed by atoms with E-state index in [4.69, 9.17) is 16.3 Å². The highest BCUT2D eigenvalue weighted by molar-refractivity contribution is 6.18. The number of hydrogen-bond acceptors (Lipinski definition) is 1. The van der Waals surface area contributed by atoms with E-state index in [0.717, 1.165) is 5.75 Å². The standard InChI is InChI=1S/C13H19ClO/c1-10(2)11-7-5-6-8-12(11)15-13(3,4)9-14/h5-8,10H,9H2,1-4H3. The normalized spacial score (nSPS) is 11.9. The number of ether oxygens (including phenoxy) is 1. The van der Waals surface area contributed by atoms with Gasteiger partial charge in [-0.25, -0.2) is 0 Å². The summed E-state index contributed by atoms with van der Waals surface area (Å²) in [4.78, 5) is 0. The Balaban J connectivity index is 2.94. The molecular weight excluding hydrogens is 208 g/mol. The Labute approximate surface area is 97.4 Å². The lowest BCUT2D eigenvalue weighted by molar-refractivity contribution is 0.132. The molecule has 0 saturated heterocycles. The second-order valence-corrected chi connectivity index (χ2v) is 4.96. The van der Waals surface area contributed by atoms with Crippen LogP contribution in [-0.2, 0) is 0 Å². The third kappa shape index (κ3) is 3.42. The van der Waals surface area contributed by atoms with E-state index in [-0.39, 0.29) is 5.60 Å². The zero-order chi connectivity index (χ0) is 11.5. The largest absolute Gasteiger partial charge is 0.486 e. The zero-order valence-electron chi connectivity index (χ0n) is 9.88. The molecule has 1 aromatic rings. The van der Waals surface area contributed by atoms with Gasteiger partial charge in [-0.1, -0.05) is 32.0 Å². The number of benzene rings is 1. The van der Waals surface area contributed by atoms with Gasteiger partial charge in [0.15, 0.2) is 0 Å². The van der Waals surface area contributed by atoms with Gasteiger partial charge in [0, 0.05) is 0 Å². The molecule has 1 nitrogen and oxygen atoms in total. The van der Waals surface area contributed by atoms with Crippen molar-refractivity contribution in [2.45, 2.75) is 39.2 Å². The lowest BCUT2D eigenvalue weighted by atomic mass is 10.0. The number of rotatable bonds is 4. The Bertz CT molecular complexity index is 318. The van der Waals surface area contributed by atoms with Gasteiger partial charge >= 0.3 is 0 Å². The summed E-state index contributed by atoms with van der Waals surface area (Å²) in [6, 6.07) is 8.13. The minimum absolute atomic E-state index is 0.313. The Morgan fingerprint density at radius 1 is 1.27 bits per heavy atom. The van der Waals surface area contributed by atoms with Crippen molar-refractivity contribution in [3.8, 4) is 5.75 Å². The third-order valence-corrected chi connectivity index (χ3v) is 2.89. The van der Waals surface area contributed by atoms with E-state index >= 15 is 0 Å². The van der Waals surface area contributed by atoms with Crippen molar-refractivity contribution >= 4 is 11.6 Å². The lowest BCUT2D eigenvalue weighted by Gasteiger charge is -2.26. The van der Waals surface area contributed by atoms with Crippen LogP contribution in [0.2, 0.25) is 0 Å². The minimum Gasteiger partial charge on any atom is -0.486 e. The molecule has 84 valence electrons. The summed E-state index contributed by atoms with van der Waals surface area (Å²) in [6.07, 6.45) is 0. The molecule has 15 heavy (non-hydrogen) atoms. The van der Waals surface area contributed by atoms with Crippen molar-refractivity contribution in [1.82, 2.24) is 0 Å². The predicted molar refractivity (Wildman–Crippen MR) is 66.0 cm³/mol. The van der Waals surface area contributed by atoms with Crippen LogP contribution in [0.25, 0.3) is 0 Å². The van der Waals surface area contributed by atoms with Gasteiger partial charge < -0.3 is 4.74 Å². The maximum Gasteiger partial charge on any atom is 0.123 e. The van der Waals surface area contributed by atoms with E-state index in [1.54, 1.807) is 0 Å². The molecule has 0 atom stereocenters. The van der Waals surface area contributed by atoms with Crippen LogP contribution < -0.4 is 4.74 Å². The number of halogens is 1. The van der Waals surface area contributed by atoms with Crippen molar-refractivity contribution in [3.05, 3.63) is 29.8 Å². The van der Waals surface area contributed by atoms with Crippen molar-refractivity contribution in [3.63, 3.8) is 0 Å². The van der Waals surface area contributed by atoms with E-state index in [1.165, 1.54) is 5.56 Å². The smallest absolute Gasteiger partial charge is 0.123 e. The second kappa shape index (κ2) is 4.89. The highest BCUT2D eigenvalue weighted by Crippen LogP contribution is 2.29. The quantitative estimate of drug-likeness (QED) is 0.699. The van der Waals surface area contributed by atoms with Crippen LogP contribution in [0.5, 0.6) is 5.75 Å². The topological polar surface area (TPSA) is 9.23 Å². The summed E-state index contributed by atoms with van der Waals surface area (Å²) in [6.45, 7) is 8.32. The van der Waals surface area contributed by atoms with E-state index in [9.17, 15) is 0 Å². The van der Waals surface area contributed by atoms with Gasteiger partial charge in [-0.2, -0.15) is 0 Å². The van der Waals surface area contributed by atoms with Crippen LogP contribution in [0, 0.1) is 0 Å². The van der Waals surface area contributed by atoms with E-state index in [1.807, 2.05) is 32.0 Å². The summed E-state index contributed by atoms with van der Waals surface area (Å²) in [5.74, 6) is 1.89. The fourth-order valence-electron chi connectivity index (χ4n) is 1.38. The molecule has 0 radical (unpaired) electrons. The first kappa shape index (κ1) is 12.4. The van der Waals surface area contributed by atoms with Crippen LogP contribution in [0.1, 0.15) is 39.2 Å². The van der Waals surface area contributed by atoms with Crippen molar-refractivity contribution < 1.29 is 4.74 Å². The monoisotopic (exact) mass is 226 g/mol. The molecule has 0 N–H and O–H groups in total. The molecule has 0 heterocycles. The van der Waals surface area contributed by atoms with E-state index in [2.05, 4.69) is 19.9 Å². The third-order valence-electron chi connectivity index (χ3n) is 2.25. The molecule has 1 rings (SSSR count). The van der Waals surface area contributed by atoms with E-state index < -0.39 is 0 Å². The van der Waals surface area contributed by atoms with Gasteiger partial charge in [0.05, 0.1) is 5.88 Å². The van der Waals surface area contributed by atoms with Gasteiger partial charge in [0.1, 0.15) is 11.4 Å². The van der Waals surface area contributed by atoms with Crippen LogP contribution in [0.3, 0.4) is 0 Å². The van der Waals surface area contributed by atoms with Gasteiger partial charge in [0.25, 0.3) is 0 Å². The van der Waals surface area contributed by atoms with Gasteiger partial charge in [-0.15, -0.1) is 11.6 Å². The maximum absolute atomic E-state index is 5.91. The lowest BCUT2D eigenvalue weighted by Crippen LogP contribution is -2.30. The molecule has 0 aromatic heterocycles. The fraction of sp³-hybridized carbons (Fsp3) is 0.538. The maximum atomic E-state index is 5.91. The highest BCUT2D eigenvalue weighted by Gasteiger charge is 2.20. The molecular formula is C13H19ClO. The van der Waals surface area contributed by atoms with Gasteiger partial charge in [-0.05, 0) is 31.4 Å². The number of hydrogen-bond donors (Lipinski definition) is 0. The molecule has 0 amide bonds. The second-order valence-electron chi connectivity index (χ2n) is 4.69. The average Bonchev–Trinajstić information content (AvgIpc) is 2.18. The summed E-state index contributed by atoms with van der Waals surface area (Å²) < 4.78 is 5.91. The molecule has 0 saturated carbocycles. The van der Waals surface area contributed by atoms with E-state index in [0.29, 0.717) is 11.8 Å². The first-order chi connectivity index (χ1) is 6.96. The Morgan fingerprint density at radius 3 is 2.40 bits per heavy atom. The first-order valence-electron chi connectivity index (χ1n) is 5.30. The molecule has 1 aromatic carbocycles. The van der Waals surface area contributed by atoms with Crippen molar-refractivity contribution in [2.24, 2.45) is 0 Å². The summed E-state index contributed by atoms with van der Waals surface area (Å²) >= 11 is 5.85. The van der Waals surface area contributed by atoms with Crippen LogP contribution in [0.4, 0.5) is 0 Å². The molecule has 0 bridgehead atoms. The number of para-hydroxylation sites is 1. The van der Waals surface area contributed by atoms with Crippen molar-refractivity contribution in [1.29, 1.82) is 0 Å². The molecule has 0 unspecified atom stereocenters. The molecule has 2 heteroatoms. The molecule has 0 fully saturated rings. The first-order valence-corrected chi connectivity index (χ1v) is 5.83. The Kier molecular flexibility index (Phi) is 4.04. The summed E-state index contributed by atoms with van der Waals surface area (Å²) in [5, 5.41) is 0. The molecule has 0 aliphatic carbocycles. The zero-order valence-corrected chi connectivity index (χ0v) is 10.6.